The Labute approximate surface area is 182 Å². The fourth-order valence-electron chi connectivity index (χ4n) is 2.86. The van der Waals surface area contributed by atoms with E-state index in [9.17, 15) is 14.4 Å². The monoisotopic (exact) mass is 442 g/mol. The van der Waals surface area contributed by atoms with Gasteiger partial charge in [0.15, 0.2) is 0 Å². The zero-order valence-electron chi connectivity index (χ0n) is 16.1. The highest BCUT2D eigenvalue weighted by atomic mass is 35.5. The first-order valence-corrected chi connectivity index (χ1v) is 10.3. The third-order valence-corrected chi connectivity index (χ3v) is 5.55. The first kappa shape index (κ1) is 21.5. The molecule has 2 aromatic carbocycles. The van der Waals surface area contributed by atoms with E-state index in [1.165, 1.54) is 18.4 Å². The summed E-state index contributed by atoms with van der Waals surface area (Å²) in [6.45, 7) is 0. The van der Waals surface area contributed by atoms with Crippen molar-refractivity contribution >= 4 is 46.4 Å². The van der Waals surface area contributed by atoms with E-state index in [0.29, 0.717) is 21.2 Å². The van der Waals surface area contributed by atoms with E-state index in [1.54, 1.807) is 35.7 Å². The van der Waals surface area contributed by atoms with Crippen LogP contribution >= 0.6 is 22.9 Å². The van der Waals surface area contributed by atoms with Crippen LogP contribution in [0, 0.1) is 0 Å². The number of hydrogen-bond donors (Lipinski definition) is 2. The number of anilines is 1. The normalized spacial score (nSPS) is 11.4. The quantitative estimate of drug-likeness (QED) is 0.520. The highest BCUT2D eigenvalue weighted by Gasteiger charge is 2.22. The highest BCUT2D eigenvalue weighted by molar-refractivity contribution is 7.12. The van der Waals surface area contributed by atoms with Crippen molar-refractivity contribution in [1.82, 2.24) is 5.32 Å². The SMILES string of the molecule is COC(=O)c1sccc1NC(=O)CC(NC(=O)c1ccccc1Cl)c1ccccc1. The molecule has 0 saturated heterocycles. The van der Waals surface area contributed by atoms with Gasteiger partial charge in [0, 0.05) is 0 Å². The Kier molecular flexibility index (Phi) is 7.21. The molecule has 3 aromatic rings. The molecule has 2 N–H and O–H groups in total. The van der Waals surface area contributed by atoms with Crippen molar-refractivity contribution < 1.29 is 19.1 Å². The molecule has 0 aliphatic carbocycles. The molecule has 0 radical (unpaired) electrons. The Morgan fingerprint density at radius 2 is 1.73 bits per heavy atom. The van der Waals surface area contributed by atoms with E-state index in [1.807, 2.05) is 30.3 Å². The number of thiophene rings is 1. The molecule has 0 spiro atoms. The average molecular weight is 443 g/mol. The van der Waals surface area contributed by atoms with Gasteiger partial charge < -0.3 is 15.4 Å². The van der Waals surface area contributed by atoms with Gasteiger partial charge in [-0.05, 0) is 29.1 Å². The third kappa shape index (κ3) is 5.25. The topological polar surface area (TPSA) is 84.5 Å². The van der Waals surface area contributed by atoms with Crippen LogP contribution in [0.2, 0.25) is 5.02 Å². The molecule has 0 aliphatic heterocycles. The standard InChI is InChI=1S/C22H19ClN2O4S/c1-29-22(28)20-17(11-12-30-20)24-19(26)13-18(14-7-3-2-4-8-14)25-21(27)15-9-5-6-10-16(15)23/h2-12,18H,13H2,1H3,(H,24,26)(H,25,27). The number of ether oxygens (including phenoxy) is 1. The summed E-state index contributed by atoms with van der Waals surface area (Å²) in [5.74, 6) is -1.26. The van der Waals surface area contributed by atoms with Gasteiger partial charge in [-0.15, -0.1) is 11.3 Å². The molecule has 8 heteroatoms. The first-order chi connectivity index (χ1) is 14.5. The molecule has 1 heterocycles. The Balaban J connectivity index is 1.78. The number of carbonyl (C=O) groups is 3. The molecule has 2 amide bonds. The minimum absolute atomic E-state index is 0.0311. The molecule has 1 unspecified atom stereocenters. The summed E-state index contributed by atoms with van der Waals surface area (Å²) in [4.78, 5) is 37.6. The molecule has 0 aliphatic rings. The summed E-state index contributed by atoms with van der Waals surface area (Å²) in [5, 5.41) is 7.62. The molecule has 1 atom stereocenters. The summed E-state index contributed by atoms with van der Waals surface area (Å²) in [5.41, 5.74) is 1.47. The fourth-order valence-corrected chi connectivity index (χ4v) is 3.85. The number of hydrogen-bond acceptors (Lipinski definition) is 5. The third-order valence-electron chi connectivity index (χ3n) is 4.33. The van der Waals surface area contributed by atoms with Crippen LogP contribution in [-0.4, -0.2) is 24.9 Å². The van der Waals surface area contributed by atoms with E-state index < -0.39 is 12.0 Å². The van der Waals surface area contributed by atoms with Gasteiger partial charge in [-0.1, -0.05) is 54.1 Å². The van der Waals surface area contributed by atoms with Crippen molar-refractivity contribution in [2.24, 2.45) is 0 Å². The zero-order chi connectivity index (χ0) is 21.5. The van der Waals surface area contributed by atoms with Gasteiger partial charge in [0.1, 0.15) is 4.88 Å². The van der Waals surface area contributed by atoms with Crippen molar-refractivity contribution in [3.05, 3.63) is 87.1 Å². The lowest BCUT2D eigenvalue weighted by molar-refractivity contribution is -0.116. The van der Waals surface area contributed by atoms with Crippen LogP contribution in [0.1, 0.15) is 38.1 Å². The second-order valence-electron chi connectivity index (χ2n) is 6.32. The minimum Gasteiger partial charge on any atom is -0.465 e. The van der Waals surface area contributed by atoms with E-state index in [2.05, 4.69) is 10.6 Å². The zero-order valence-corrected chi connectivity index (χ0v) is 17.6. The lowest BCUT2D eigenvalue weighted by atomic mass is 10.0. The van der Waals surface area contributed by atoms with Crippen molar-refractivity contribution in [2.45, 2.75) is 12.5 Å². The molecule has 154 valence electrons. The molecule has 30 heavy (non-hydrogen) atoms. The van der Waals surface area contributed by atoms with Crippen LogP contribution in [0.15, 0.2) is 66.0 Å². The van der Waals surface area contributed by atoms with Gasteiger partial charge in [0.05, 0.1) is 35.8 Å². The van der Waals surface area contributed by atoms with Gasteiger partial charge in [0.2, 0.25) is 5.91 Å². The second kappa shape index (κ2) is 10.0. The smallest absolute Gasteiger partial charge is 0.350 e. The second-order valence-corrected chi connectivity index (χ2v) is 7.65. The molecule has 3 rings (SSSR count). The van der Waals surface area contributed by atoms with Gasteiger partial charge in [-0.2, -0.15) is 0 Å². The van der Waals surface area contributed by atoms with Crippen molar-refractivity contribution in [3.63, 3.8) is 0 Å². The Bertz CT molecular complexity index is 1050. The number of nitrogens with one attached hydrogen (secondary N) is 2. The summed E-state index contributed by atoms with van der Waals surface area (Å²) in [6, 6.07) is 16.9. The van der Waals surface area contributed by atoms with E-state index in [4.69, 9.17) is 16.3 Å². The highest BCUT2D eigenvalue weighted by Crippen LogP contribution is 2.25. The number of rotatable bonds is 7. The van der Waals surface area contributed by atoms with Gasteiger partial charge in [0.25, 0.3) is 5.91 Å². The maximum atomic E-state index is 12.7. The summed E-state index contributed by atoms with van der Waals surface area (Å²) >= 11 is 7.30. The lowest BCUT2D eigenvalue weighted by Gasteiger charge is -2.19. The van der Waals surface area contributed by atoms with E-state index >= 15 is 0 Å². The van der Waals surface area contributed by atoms with Crippen LogP contribution in [0.3, 0.4) is 0 Å². The number of benzene rings is 2. The number of methoxy groups -OCH3 is 1. The molecule has 1 aromatic heterocycles. The van der Waals surface area contributed by atoms with Crippen molar-refractivity contribution in [1.29, 1.82) is 0 Å². The summed E-state index contributed by atoms with van der Waals surface area (Å²) in [7, 11) is 1.28. The van der Waals surface area contributed by atoms with Crippen LogP contribution in [0.25, 0.3) is 0 Å². The van der Waals surface area contributed by atoms with Crippen LogP contribution in [0.4, 0.5) is 5.69 Å². The van der Waals surface area contributed by atoms with E-state index in [0.717, 1.165) is 5.56 Å². The molecular formula is C22H19ClN2O4S. The van der Waals surface area contributed by atoms with Crippen LogP contribution in [0.5, 0.6) is 0 Å². The minimum atomic E-state index is -0.588. The predicted molar refractivity (Wildman–Crippen MR) is 117 cm³/mol. The van der Waals surface area contributed by atoms with Crippen LogP contribution in [-0.2, 0) is 9.53 Å². The largest absolute Gasteiger partial charge is 0.465 e. The molecular weight excluding hydrogens is 424 g/mol. The average Bonchev–Trinajstić information content (AvgIpc) is 3.21. The first-order valence-electron chi connectivity index (χ1n) is 9.05. The van der Waals surface area contributed by atoms with Crippen LogP contribution < -0.4 is 10.6 Å². The predicted octanol–water partition coefficient (Wildman–Crippen LogP) is 4.69. The summed E-state index contributed by atoms with van der Waals surface area (Å²) < 4.78 is 4.73. The van der Waals surface area contributed by atoms with Gasteiger partial charge in [-0.25, -0.2) is 4.79 Å². The molecule has 0 fully saturated rings. The summed E-state index contributed by atoms with van der Waals surface area (Å²) in [6.07, 6.45) is -0.0311. The fraction of sp³-hybridized carbons (Fsp3) is 0.136. The maximum absolute atomic E-state index is 12.7. The number of halogens is 1. The Morgan fingerprint density at radius 3 is 2.43 bits per heavy atom. The lowest BCUT2D eigenvalue weighted by Crippen LogP contribution is -2.31. The van der Waals surface area contributed by atoms with Crippen molar-refractivity contribution in [3.8, 4) is 0 Å². The van der Waals surface area contributed by atoms with Gasteiger partial charge >= 0.3 is 5.97 Å². The van der Waals surface area contributed by atoms with E-state index in [-0.39, 0.29) is 18.2 Å². The maximum Gasteiger partial charge on any atom is 0.350 e. The molecule has 0 saturated carbocycles. The Hall–Kier alpha value is -3.16. The number of esters is 1. The molecule has 6 nitrogen and oxygen atoms in total. The van der Waals surface area contributed by atoms with Crippen molar-refractivity contribution in [2.75, 3.05) is 12.4 Å². The van der Waals surface area contributed by atoms with Gasteiger partial charge in [-0.3, -0.25) is 9.59 Å². The number of amides is 2. The Morgan fingerprint density at radius 1 is 1.03 bits per heavy atom. The number of carbonyl (C=O) groups excluding carboxylic acids is 3. The molecule has 0 bridgehead atoms.